The molecule has 2 saturated carbocycles. The molecule has 0 spiro atoms. The van der Waals surface area contributed by atoms with Gasteiger partial charge in [0.2, 0.25) is 0 Å². The third kappa shape index (κ3) is 1.89. The van der Waals surface area contributed by atoms with Gasteiger partial charge in [-0.1, -0.05) is 25.7 Å². The number of hydrogen-bond donors (Lipinski definition) is 2. The minimum Gasteiger partial charge on any atom is -0.389 e. The smallest absolute Gasteiger partial charge is 0.0772 e. The molecule has 0 bridgehead atoms. The second kappa shape index (κ2) is 3.58. The Bertz CT molecular complexity index is 183. The van der Waals surface area contributed by atoms with E-state index in [2.05, 4.69) is 0 Å². The van der Waals surface area contributed by atoms with Crippen LogP contribution < -0.4 is 5.73 Å². The fourth-order valence-corrected chi connectivity index (χ4v) is 3.16. The van der Waals surface area contributed by atoms with E-state index in [1.807, 2.05) is 0 Å². The van der Waals surface area contributed by atoms with Crippen molar-refractivity contribution in [2.45, 2.75) is 50.5 Å². The van der Waals surface area contributed by atoms with E-state index >= 15 is 0 Å². The van der Waals surface area contributed by atoms with Gasteiger partial charge in [0.15, 0.2) is 0 Å². The molecular formula is C11H21NO. The summed E-state index contributed by atoms with van der Waals surface area (Å²) in [6.07, 6.45) is 8.60. The third-order valence-corrected chi connectivity index (χ3v) is 4.07. The zero-order valence-electron chi connectivity index (χ0n) is 8.34. The zero-order chi connectivity index (χ0) is 9.31. The Labute approximate surface area is 80.5 Å². The summed E-state index contributed by atoms with van der Waals surface area (Å²) in [5.41, 5.74) is 5.09. The number of fused-ring (bicyclic) bond motifs is 1. The summed E-state index contributed by atoms with van der Waals surface area (Å²) < 4.78 is 0. The molecule has 0 aromatic heterocycles. The van der Waals surface area contributed by atoms with E-state index < -0.39 is 5.60 Å². The highest BCUT2D eigenvalue weighted by molar-refractivity contribution is 4.92. The molecule has 3 atom stereocenters. The van der Waals surface area contributed by atoms with Gasteiger partial charge in [0, 0.05) is 6.54 Å². The lowest BCUT2D eigenvalue weighted by atomic mass is 9.66. The van der Waals surface area contributed by atoms with Gasteiger partial charge < -0.3 is 10.8 Å². The van der Waals surface area contributed by atoms with Crippen LogP contribution in [0.15, 0.2) is 0 Å². The van der Waals surface area contributed by atoms with E-state index in [-0.39, 0.29) is 0 Å². The highest BCUT2D eigenvalue weighted by Crippen LogP contribution is 2.43. The first kappa shape index (κ1) is 9.47. The third-order valence-electron chi connectivity index (χ3n) is 4.07. The summed E-state index contributed by atoms with van der Waals surface area (Å²) in [6.45, 7) is 0.455. The van der Waals surface area contributed by atoms with Crippen LogP contribution in [0.25, 0.3) is 0 Å². The first-order valence-electron chi connectivity index (χ1n) is 5.66. The Morgan fingerprint density at radius 1 is 1.15 bits per heavy atom. The fraction of sp³-hybridized carbons (Fsp3) is 1.00. The van der Waals surface area contributed by atoms with Crippen LogP contribution >= 0.6 is 0 Å². The molecule has 2 nitrogen and oxygen atoms in total. The molecule has 2 rings (SSSR count). The highest BCUT2D eigenvalue weighted by Gasteiger charge is 2.39. The van der Waals surface area contributed by atoms with Crippen molar-refractivity contribution in [2.24, 2.45) is 17.6 Å². The Balaban J connectivity index is 1.98. The number of aliphatic hydroxyl groups is 1. The molecule has 0 unspecified atom stereocenters. The van der Waals surface area contributed by atoms with E-state index in [9.17, 15) is 5.11 Å². The van der Waals surface area contributed by atoms with Crippen LogP contribution in [0.2, 0.25) is 0 Å². The average molecular weight is 183 g/mol. The largest absolute Gasteiger partial charge is 0.389 e. The van der Waals surface area contributed by atoms with E-state index in [4.69, 9.17) is 5.73 Å². The van der Waals surface area contributed by atoms with Crippen LogP contribution in [0.5, 0.6) is 0 Å². The Morgan fingerprint density at radius 3 is 2.54 bits per heavy atom. The summed E-state index contributed by atoms with van der Waals surface area (Å²) in [6, 6.07) is 0. The number of rotatable bonds is 1. The van der Waals surface area contributed by atoms with Crippen molar-refractivity contribution in [2.75, 3.05) is 6.54 Å². The van der Waals surface area contributed by atoms with E-state index in [0.29, 0.717) is 6.54 Å². The summed E-state index contributed by atoms with van der Waals surface area (Å²) in [7, 11) is 0. The topological polar surface area (TPSA) is 46.2 Å². The molecule has 2 aliphatic rings. The molecule has 0 amide bonds. The molecule has 13 heavy (non-hydrogen) atoms. The zero-order valence-corrected chi connectivity index (χ0v) is 8.34. The first-order valence-corrected chi connectivity index (χ1v) is 5.66. The van der Waals surface area contributed by atoms with Gasteiger partial charge in [-0.25, -0.2) is 0 Å². The van der Waals surface area contributed by atoms with Crippen molar-refractivity contribution in [1.29, 1.82) is 0 Å². The molecule has 0 heterocycles. The Kier molecular flexibility index (Phi) is 2.61. The number of hydrogen-bond acceptors (Lipinski definition) is 2. The van der Waals surface area contributed by atoms with E-state index in [1.165, 1.54) is 32.1 Å². The fourth-order valence-electron chi connectivity index (χ4n) is 3.16. The maximum absolute atomic E-state index is 10.1. The maximum atomic E-state index is 10.1. The second-order valence-electron chi connectivity index (χ2n) is 4.98. The van der Waals surface area contributed by atoms with Crippen molar-refractivity contribution >= 4 is 0 Å². The lowest BCUT2D eigenvalue weighted by Gasteiger charge is -2.43. The van der Waals surface area contributed by atoms with Gasteiger partial charge in [0.25, 0.3) is 0 Å². The van der Waals surface area contributed by atoms with Gasteiger partial charge in [-0.05, 0) is 31.1 Å². The van der Waals surface area contributed by atoms with Gasteiger partial charge in [-0.3, -0.25) is 0 Å². The van der Waals surface area contributed by atoms with Crippen LogP contribution in [0.3, 0.4) is 0 Å². The second-order valence-corrected chi connectivity index (χ2v) is 4.98. The lowest BCUT2D eigenvalue weighted by Crippen LogP contribution is -2.45. The maximum Gasteiger partial charge on any atom is 0.0772 e. The van der Waals surface area contributed by atoms with E-state index in [1.54, 1.807) is 0 Å². The molecule has 0 aromatic carbocycles. The molecule has 3 N–H and O–H groups in total. The normalized spacial score (nSPS) is 45.7. The van der Waals surface area contributed by atoms with Crippen molar-refractivity contribution in [3.8, 4) is 0 Å². The number of nitrogens with two attached hydrogens (primary N) is 1. The SMILES string of the molecule is NC[C@@]1(O)CC[C@H]2CCCC[C@@H]2C1. The molecule has 2 aliphatic carbocycles. The van der Waals surface area contributed by atoms with Crippen LogP contribution in [-0.4, -0.2) is 17.3 Å². The van der Waals surface area contributed by atoms with Gasteiger partial charge in [-0.15, -0.1) is 0 Å². The standard InChI is InChI=1S/C11H21NO/c12-8-11(13)6-5-9-3-1-2-4-10(9)7-11/h9-10,13H,1-8,12H2/t9-,10-,11-/m1/s1. The van der Waals surface area contributed by atoms with Crippen molar-refractivity contribution < 1.29 is 5.11 Å². The molecule has 0 radical (unpaired) electrons. The average Bonchev–Trinajstić information content (AvgIpc) is 2.18. The van der Waals surface area contributed by atoms with Crippen molar-refractivity contribution in [1.82, 2.24) is 0 Å². The van der Waals surface area contributed by atoms with Gasteiger partial charge in [-0.2, -0.15) is 0 Å². The lowest BCUT2D eigenvalue weighted by molar-refractivity contribution is -0.0378. The Morgan fingerprint density at radius 2 is 1.85 bits per heavy atom. The molecule has 0 aliphatic heterocycles. The predicted octanol–water partition coefficient (Wildman–Crippen LogP) is 1.67. The molecular weight excluding hydrogens is 162 g/mol. The van der Waals surface area contributed by atoms with Crippen molar-refractivity contribution in [3.05, 3.63) is 0 Å². The van der Waals surface area contributed by atoms with Crippen LogP contribution in [0, 0.1) is 11.8 Å². The summed E-state index contributed by atoms with van der Waals surface area (Å²) in [5.74, 6) is 1.68. The quantitative estimate of drug-likeness (QED) is 0.649. The van der Waals surface area contributed by atoms with Gasteiger partial charge in [0.05, 0.1) is 5.60 Å². The van der Waals surface area contributed by atoms with Crippen LogP contribution in [-0.2, 0) is 0 Å². The van der Waals surface area contributed by atoms with Gasteiger partial charge in [0.1, 0.15) is 0 Å². The molecule has 76 valence electrons. The molecule has 0 aromatic rings. The minimum atomic E-state index is -0.515. The Hall–Kier alpha value is -0.0800. The molecule has 2 fully saturated rings. The first-order chi connectivity index (χ1) is 6.23. The van der Waals surface area contributed by atoms with Crippen LogP contribution in [0.1, 0.15) is 44.9 Å². The van der Waals surface area contributed by atoms with Gasteiger partial charge >= 0.3 is 0 Å². The highest BCUT2D eigenvalue weighted by atomic mass is 16.3. The minimum absolute atomic E-state index is 0.455. The van der Waals surface area contributed by atoms with E-state index in [0.717, 1.165) is 24.7 Å². The molecule has 2 heteroatoms. The summed E-state index contributed by atoms with van der Waals surface area (Å²) >= 11 is 0. The monoisotopic (exact) mass is 183 g/mol. The molecule has 0 saturated heterocycles. The summed E-state index contributed by atoms with van der Waals surface area (Å²) in [5, 5.41) is 10.1. The van der Waals surface area contributed by atoms with Crippen LogP contribution in [0.4, 0.5) is 0 Å². The van der Waals surface area contributed by atoms with Crippen molar-refractivity contribution in [3.63, 3.8) is 0 Å². The summed E-state index contributed by atoms with van der Waals surface area (Å²) in [4.78, 5) is 0. The predicted molar refractivity (Wildman–Crippen MR) is 53.3 cm³/mol.